The zero-order valence-corrected chi connectivity index (χ0v) is 15.9. The van der Waals surface area contributed by atoms with Crippen LogP contribution in [0.15, 0.2) is 22.7 Å². The number of aromatic nitrogens is 2. The van der Waals surface area contributed by atoms with Crippen molar-refractivity contribution in [3.05, 3.63) is 28.2 Å². The summed E-state index contributed by atoms with van der Waals surface area (Å²) in [5.74, 6) is 0.512. The molecule has 3 rings (SSSR count). The number of nitrogens with one attached hydrogen (secondary N) is 1. The Morgan fingerprint density at radius 2 is 1.88 bits per heavy atom. The molecule has 2 heterocycles. The van der Waals surface area contributed by atoms with Crippen LogP contribution in [0.25, 0.3) is 11.4 Å². The van der Waals surface area contributed by atoms with Crippen molar-refractivity contribution in [2.75, 3.05) is 24.2 Å². The van der Waals surface area contributed by atoms with Gasteiger partial charge in [0, 0.05) is 34.7 Å². The molecule has 2 aromatic rings. The summed E-state index contributed by atoms with van der Waals surface area (Å²) in [6.07, 6.45) is 1.36. The highest BCUT2D eigenvalue weighted by atomic mass is 35.5. The summed E-state index contributed by atoms with van der Waals surface area (Å²) < 4.78 is 30.5. The van der Waals surface area contributed by atoms with Gasteiger partial charge in [-0.3, -0.25) is 0 Å². The van der Waals surface area contributed by atoms with E-state index in [0.717, 1.165) is 0 Å². The third-order valence-corrected chi connectivity index (χ3v) is 6.40. The number of nitrogens with zero attached hydrogens (tertiary/aromatic N) is 3. The van der Waals surface area contributed by atoms with E-state index in [9.17, 15) is 8.42 Å². The van der Waals surface area contributed by atoms with Crippen molar-refractivity contribution in [3.63, 3.8) is 0 Å². The van der Waals surface area contributed by atoms with E-state index in [1.54, 1.807) is 25.1 Å². The van der Waals surface area contributed by atoms with Gasteiger partial charge in [0.05, 0.1) is 5.75 Å². The highest BCUT2D eigenvalue weighted by Crippen LogP contribution is 2.26. The second kappa shape index (κ2) is 7.49. The molecule has 0 radical (unpaired) electrons. The second-order valence-corrected chi connectivity index (χ2v) is 8.93. The molecule has 0 bridgehead atoms. The number of halogens is 2. The van der Waals surface area contributed by atoms with Crippen molar-refractivity contribution >= 4 is 39.2 Å². The summed E-state index contributed by atoms with van der Waals surface area (Å²) in [5.41, 5.74) is 0.665. The topological polar surface area (TPSA) is 88.3 Å². The molecule has 0 unspecified atom stereocenters. The number of piperidine rings is 1. The Hall–Kier alpha value is -1.35. The van der Waals surface area contributed by atoms with Gasteiger partial charge in [-0.2, -0.15) is 4.98 Å². The minimum absolute atomic E-state index is 0.0829. The molecular formula is C15H18Cl2N4O3S. The van der Waals surface area contributed by atoms with Crippen LogP contribution < -0.4 is 5.32 Å². The van der Waals surface area contributed by atoms with E-state index < -0.39 is 10.0 Å². The van der Waals surface area contributed by atoms with Crippen molar-refractivity contribution in [2.24, 2.45) is 0 Å². The van der Waals surface area contributed by atoms with Crippen LogP contribution in [-0.4, -0.2) is 47.7 Å². The molecule has 1 aliphatic rings. The van der Waals surface area contributed by atoms with Crippen LogP contribution in [0.1, 0.15) is 19.8 Å². The lowest BCUT2D eigenvalue weighted by Crippen LogP contribution is -2.42. The van der Waals surface area contributed by atoms with Crippen LogP contribution in [0.2, 0.25) is 10.0 Å². The molecular weight excluding hydrogens is 387 g/mol. The maximum absolute atomic E-state index is 11.9. The molecule has 0 spiro atoms. The Morgan fingerprint density at radius 1 is 1.24 bits per heavy atom. The van der Waals surface area contributed by atoms with Gasteiger partial charge >= 0.3 is 6.01 Å². The predicted octanol–water partition coefficient (Wildman–Crippen LogP) is 3.27. The maximum Gasteiger partial charge on any atom is 0.322 e. The van der Waals surface area contributed by atoms with Crippen LogP contribution in [0.4, 0.5) is 6.01 Å². The molecule has 25 heavy (non-hydrogen) atoms. The summed E-state index contributed by atoms with van der Waals surface area (Å²) in [4.78, 5) is 4.30. The zero-order chi connectivity index (χ0) is 18.0. The summed E-state index contributed by atoms with van der Waals surface area (Å²) in [6, 6.07) is 5.42. The van der Waals surface area contributed by atoms with Crippen molar-refractivity contribution in [1.82, 2.24) is 14.4 Å². The van der Waals surface area contributed by atoms with Crippen LogP contribution in [0.5, 0.6) is 0 Å². The summed E-state index contributed by atoms with van der Waals surface area (Å²) >= 11 is 12.0. The van der Waals surface area contributed by atoms with E-state index >= 15 is 0 Å². The Bertz CT molecular complexity index is 828. The number of anilines is 1. The highest BCUT2D eigenvalue weighted by molar-refractivity contribution is 7.89. The minimum Gasteiger partial charge on any atom is -0.335 e. The Morgan fingerprint density at radius 3 is 2.48 bits per heavy atom. The SMILES string of the molecule is CCS(=O)(=O)N1CCC(Nc2nc(-c3cc(Cl)cc(Cl)c3)no2)CC1. The molecule has 1 N–H and O–H groups in total. The molecule has 1 fully saturated rings. The molecule has 1 aromatic heterocycles. The highest BCUT2D eigenvalue weighted by Gasteiger charge is 2.27. The van der Waals surface area contributed by atoms with E-state index in [0.29, 0.717) is 53.4 Å². The molecule has 10 heteroatoms. The van der Waals surface area contributed by atoms with E-state index in [1.165, 1.54) is 4.31 Å². The van der Waals surface area contributed by atoms with Gasteiger partial charge in [0.1, 0.15) is 0 Å². The summed E-state index contributed by atoms with van der Waals surface area (Å²) in [7, 11) is -3.13. The smallest absolute Gasteiger partial charge is 0.322 e. The van der Waals surface area contributed by atoms with Gasteiger partial charge in [-0.05, 0) is 38.0 Å². The molecule has 1 saturated heterocycles. The predicted molar refractivity (Wildman–Crippen MR) is 97.4 cm³/mol. The fourth-order valence-corrected chi connectivity index (χ4v) is 4.38. The largest absolute Gasteiger partial charge is 0.335 e. The Balaban J connectivity index is 1.63. The van der Waals surface area contributed by atoms with Gasteiger partial charge in [-0.25, -0.2) is 12.7 Å². The molecule has 1 aliphatic heterocycles. The molecule has 136 valence electrons. The normalized spacial score (nSPS) is 16.9. The quantitative estimate of drug-likeness (QED) is 0.822. The summed E-state index contributed by atoms with van der Waals surface area (Å²) in [6.45, 7) is 2.62. The Kier molecular flexibility index (Phi) is 5.52. The number of hydrogen-bond donors (Lipinski definition) is 1. The molecule has 0 aliphatic carbocycles. The average molecular weight is 405 g/mol. The van der Waals surface area contributed by atoms with Crippen molar-refractivity contribution in [3.8, 4) is 11.4 Å². The fourth-order valence-electron chi connectivity index (χ4n) is 2.72. The first-order valence-electron chi connectivity index (χ1n) is 7.92. The maximum atomic E-state index is 11.9. The third kappa shape index (κ3) is 4.44. The molecule has 7 nitrogen and oxygen atoms in total. The lowest BCUT2D eigenvalue weighted by molar-refractivity contribution is 0.324. The van der Waals surface area contributed by atoms with Gasteiger partial charge in [-0.1, -0.05) is 28.4 Å². The number of sulfonamides is 1. The van der Waals surface area contributed by atoms with Gasteiger partial charge in [0.25, 0.3) is 0 Å². The first-order chi connectivity index (χ1) is 11.9. The molecule has 0 atom stereocenters. The third-order valence-electron chi connectivity index (χ3n) is 4.09. The van der Waals surface area contributed by atoms with Crippen LogP contribution >= 0.6 is 23.2 Å². The standard InChI is InChI=1S/C15H18Cl2N4O3S/c1-2-25(22,23)21-5-3-13(4-6-21)18-15-19-14(20-24-15)10-7-11(16)9-12(17)8-10/h7-9,13H,2-6H2,1H3,(H,18,19,20). The van der Waals surface area contributed by atoms with E-state index in [1.807, 2.05) is 0 Å². The lowest BCUT2D eigenvalue weighted by atomic mass is 10.1. The zero-order valence-electron chi connectivity index (χ0n) is 13.6. The van der Waals surface area contributed by atoms with Gasteiger partial charge in [0.15, 0.2) is 0 Å². The van der Waals surface area contributed by atoms with Crippen molar-refractivity contribution < 1.29 is 12.9 Å². The van der Waals surface area contributed by atoms with E-state index in [4.69, 9.17) is 27.7 Å². The molecule has 1 aromatic carbocycles. The van der Waals surface area contributed by atoms with E-state index in [-0.39, 0.29) is 11.8 Å². The first-order valence-corrected chi connectivity index (χ1v) is 10.3. The number of hydrogen-bond acceptors (Lipinski definition) is 6. The lowest BCUT2D eigenvalue weighted by Gasteiger charge is -2.30. The number of benzene rings is 1. The average Bonchev–Trinajstić information content (AvgIpc) is 3.03. The Labute approximate surface area is 156 Å². The van der Waals surface area contributed by atoms with Gasteiger partial charge in [-0.15, -0.1) is 0 Å². The van der Waals surface area contributed by atoms with Crippen LogP contribution in [0.3, 0.4) is 0 Å². The van der Waals surface area contributed by atoms with Gasteiger partial charge in [0.2, 0.25) is 15.8 Å². The molecule has 0 saturated carbocycles. The van der Waals surface area contributed by atoms with E-state index in [2.05, 4.69) is 15.5 Å². The fraction of sp³-hybridized carbons (Fsp3) is 0.467. The minimum atomic E-state index is -3.13. The molecule has 0 amide bonds. The second-order valence-electron chi connectivity index (χ2n) is 5.80. The summed E-state index contributed by atoms with van der Waals surface area (Å²) in [5, 5.41) is 8.08. The van der Waals surface area contributed by atoms with Crippen molar-refractivity contribution in [1.29, 1.82) is 0 Å². The monoisotopic (exact) mass is 404 g/mol. The number of rotatable bonds is 5. The van der Waals surface area contributed by atoms with Crippen molar-refractivity contribution in [2.45, 2.75) is 25.8 Å². The van der Waals surface area contributed by atoms with Crippen LogP contribution in [0, 0.1) is 0 Å². The van der Waals surface area contributed by atoms with Crippen LogP contribution in [-0.2, 0) is 10.0 Å². The van der Waals surface area contributed by atoms with Gasteiger partial charge < -0.3 is 9.84 Å². The first kappa shape index (κ1) is 18.4.